The number of aromatic nitrogens is 3. The van der Waals surface area contributed by atoms with Crippen LogP contribution >= 0.6 is 0 Å². The van der Waals surface area contributed by atoms with Crippen LogP contribution in [0.2, 0.25) is 0 Å². The summed E-state index contributed by atoms with van der Waals surface area (Å²) in [7, 11) is 0. The standard InChI is InChI=1S/C19H21N5O2/c25-19(23-12-5-13-10-26-11-14(6-12)22-13)17-9-24(15-7-20-21-8-15)18-4-2-1-3-16(17)18/h1-4,7-9,12-14,22H,5-6,10-11H2,(H,20,21)(H,23,25). The van der Waals surface area contributed by atoms with Gasteiger partial charge in [-0.1, -0.05) is 18.2 Å². The number of para-hydroxylation sites is 1. The van der Waals surface area contributed by atoms with Crippen LogP contribution in [0, 0.1) is 0 Å². The first-order chi connectivity index (χ1) is 12.8. The number of rotatable bonds is 3. The van der Waals surface area contributed by atoms with Crippen LogP contribution in [0.5, 0.6) is 0 Å². The van der Waals surface area contributed by atoms with E-state index in [1.807, 2.05) is 41.2 Å². The number of nitrogens with one attached hydrogen (secondary N) is 3. The lowest BCUT2D eigenvalue weighted by Gasteiger charge is -2.40. The quantitative estimate of drug-likeness (QED) is 0.669. The molecule has 2 bridgehead atoms. The normalized spacial score (nSPS) is 25.3. The summed E-state index contributed by atoms with van der Waals surface area (Å²) in [6.07, 6.45) is 7.28. The molecule has 26 heavy (non-hydrogen) atoms. The molecule has 2 saturated heterocycles. The molecule has 2 atom stereocenters. The fourth-order valence-corrected chi connectivity index (χ4v) is 4.17. The van der Waals surface area contributed by atoms with Gasteiger partial charge < -0.3 is 19.9 Å². The maximum absolute atomic E-state index is 13.0. The number of morpholine rings is 1. The van der Waals surface area contributed by atoms with Crippen molar-refractivity contribution in [3.63, 3.8) is 0 Å². The Morgan fingerprint density at radius 3 is 2.81 bits per heavy atom. The highest BCUT2D eigenvalue weighted by atomic mass is 16.5. The molecule has 7 heteroatoms. The molecule has 0 spiro atoms. The van der Waals surface area contributed by atoms with E-state index >= 15 is 0 Å². The maximum Gasteiger partial charge on any atom is 0.253 e. The third-order valence-corrected chi connectivity index (χ3v) is 5.30. The summed E-state index contributed by atoms with van der Waals surface area (Å²) in [6, 6.07) is 8.80. The maximum atomic E-state index is 13.0. The van der Waals surface area contributed by atoms with E-state index < -0.39 is 0 Å². The molecule has 2 aromatic heterocycles. The number of fused-ring (bicyclic) bond motifs is 3. The second-order valence-electron chi connectivity index (χ2n) is 7.13. The Hall–Kier alpha value is -2.64. The molecule has 2 unspecified atom stereocenters. The molecule has 2 aliphatic rings. The molecule has 3 aromatic rings. The van der Waals surface area contributed by atoms with Crippen LogP contribution in [-0.2, 0) is 4.74 Å². The Bertz CT molecular complexity index is 921. The molecule has 5 rings (SSSR count). The van der Waals surface area contributed by atoms with Gasteiger partial charge in [-0.3, -0.25) is 9.89 Å². The number of hydrogen-bond acceptors (Lipinski definition) is 4. The topological polar surface area (TPSA) is 84.0 Å². The molecule has 1 aromatic carbocycles. The van der Waals surface area contributed by atoms with Gasteiger partial charge >= 0.3 is 0 Å². The summed E-state index contributed by atoms with van der Waals surface area (Å²) < 4.78 is 7.59. The summed E-state index contributed by atoms with van der Waals surface area (Å²) in [6.45, 7) is 1.45. The molecule has 0 radical (unpaired) electrons. The summed E-state index contributed by atoms with van der Waals surface area (Å²) in [4.78, 5) is 13.0. The fourth-order valence-electron chi connectivity index (χ4n) is 4.17. The highest BCUT2D eigenvalue weighted by Gasteiger charge is 2.33. The van der Waals surface area contributed by atoms with Gasteiger partial charge in [0.05, 0.1) is 36.2 Å². The highest BCUT2D eigenvalue weighted by molar-refractivity contribution is 6.07. The Kier molecular flexibility index (Phi) is 3.76. The lowest BCUT2D eigenvalue weighted by atomic mass is 9.92. The van der Waals surface area contributed by atoms with Gasteiger partial charge in [-0.25, -0.2) is 0 Å². The smallest absolute Gasteiger partial charge is 0.253 e. The zero-order valence-electron chi connectivity index (χ0n) is 14.3. The molecule has 1 amide bonds. The van der Waals surface area contributed by atoms with E-state index in [2.05, 4.69) is 20.8 Å². The van der Waals surface area contributed by atoms with E-state index in [1.165, 1.54) is 0 Å². The summed E-state index contributed by atoms with van der Waals surface area (Å²) in [5.41, 5.74) is 2.60. The third-order valence-electron chi connectivity index (χ3n) is 5.30. The zero-order chi connectivity index (χ0) is 17.5. The molecule has 7 nitrogen and oxygen atoms in total. The van der Waals surface area contributed by atoms with Crippen molar-refractivity contribution in [2.45, 2.75) is 31.0 Å². The number of amides is 1. The number of ether oxygens (including phenoxy) is 1. The first-order valence-electron chi connectivity index (χ1n) is 9.02. The van der Waals surface area contributed by atoms with Gasteiger partial charge in [0.2, 0.25) is 0 Å². The number of nitrogens with zero attached hydrogens (tertiary/aromatic N) is 2. The van der Waals surface area contributed by atoms with Gasteiger partial charge in [-0.05, 0) is 18.9 Å². The second-order valence-corrected chi connectivity index (χ2v) is 7.13. The Labute approximate surface area is 150 Å². The lowest BCUT2D eigenvalue weighted by Crippen LogP contribution is -2.58. The number of H-pyrrole nitrogens is 1. The number of hydrogen-bond donors (Lipinski definition) is 3. The average molecular weight is 351 g/mol. The van der Waals surface area contributed by atoms with Gasteiger partial charge in [0.15, 0.2) is 0 Å². The molecular formula is C19H21N5O2. The third kappa shape index (κ3) is 2.69. The molecule has 3 N–H and O–H groups in total. The number of piperidine rings is 1. The average Bonchev–Trinajstić information content (AvgIpc) is 3.29. The predicted molar refractivity (Wildman–Crippen MR) is 97.4 cm³/mol. The number of benzene rings is 1. The van der Waals surface area contributed by atoms with Crippen LogP contribution in [0.3, 0.4) is 0 Å². The lowest BCUT2D eigenvalue weighted by molar-refractivity contribution is 0.0148. The molecule has 0 aliphatic carbocycles. The minimum Gasteiger partial charge on any atom is -0.378 e. The summed E-state index contributed by atoms with van der Waals surface area (Å²) in [5, 5.41) is 14.6. The SMILES string of the molecule is O=C(NC1CC2COCC(C1)N2)c1cn(-c2cn[nH]c2)c2ccccc12. The molecule has 4 heterocycles. The van der Waals surface area contributed by atoms with Crippen LogP contribution < -0.4 is 10.6 Å². The van der Waals surface area contributed by atoms with E-state index in [-0.39, 0.29) is 11.9 Å². The van der Waals surface area contributed by atoms with Crippen molar-refractivity contribution in [3.8, 4) is 5.69 Å². The van der Waals surface area contributed by atoms with Crippen LogP contribution in [0.15, 0.2) is 42.9 Å². The Morgan fingerprint density at radius 2 is 2.04 bits per heavy atom. The van der Waals surface area contributed by atoms with E-state index in [4.69, 9.17) is 4.74 Å². The Morgan fingerprint density at radius 1 is 1.23 bits per heavy atom. The summed E-state index contributed by atoms with van der Waals surface area (Å²) >= 11 is 0. The van der Waals surface area contributed by atoms with Crippen LogP contribution in [-0.4, -0.2) is 52.0 Å². The molecule has 0 saturated carbocycles. The van der Waals surface area contributed by atoms with Crippen molar-refractivity contribution in [3.05, 3.63) is 48.4 Å². The molecule has 2 aliphatic heterocycles. The van der Waals surface area contributed by atoms with Crippen molar-refractivity contribution in [1.82, 2.24) is 25.4 Å². The van der Waals surface area contributed by atoms with Crippen molar-refractivity contribution < 1.29 is 9.53 Å². The van der Waals surface area contributed by atoms with Crippen molar-refractivity contribution in [1.29, 1.82) is 0 Å². The second kappa shape index (κ2) is 6.26. The van der Waals surface area contributed by atoms with Crippen molar-refractivity contribution in [2.24, 2.45) is 0 Å². The number of carbonyl (C=O) groups excluding carboxylic acids is 1. The first kappa shape index (κ1) is 15.6. The van der Waals surface area contributed by atoms with Gasteiger partial charge in [-0.2, -0.15) is 5.10 Å². The zero-order valence-corrected chi connectivity index (χ0v) is 14.3. The van der Waals surface area contributed by atoms with E-state index in [0.717, 1.165) is 42.6 Å². The molecule has 134 valence electrons. The summed E-state index contributed by atoms with van der Waals surface area (Å²) in [5.74, 6) is -0.0191. The minimum absolute atomic E-state index is 0.0191. The predicted octanol–water partition coefficient (Wildman–Crippen LogP) is 1.60. The van der Waals surface area contributed by atoms with Crippen molar-refractivity contribution in [2.75, 3.05) is 13.2 Å². The van der Waals surface area contributed by atoms with E-state index in [9.17, 15) is 4.79 Å². The molecule has 2 fully saturated rings. The number of carbonyl (C=O) groups is 1. The monoisotopic (exact) mass is 351 g/mol. The van der Waals surface area contributed by atoms with E-state index in [0.29, 0.717) is 17.6 Å². The fraction of sp³-hybridized carbons (Fsp3) is 0.368. The molecular weight excluding hydrogens is 330 g/mol. The van der Waals surface area contributed by atoms with Gasteiger partial charge in [0, 0.05) is 35.9 Å². The van der Waals surface area contributed by atoms with Crippen LogP contribution in [0.1, 0.15) is 23.2 Å². The minimum atomic E-state index is -0.0191. The highest BCUT2D eigenvalue weighted by Crippen LogP contribution is 2.25. The number of aromatic amines is 1. The van der Waals surface area contributed by atoms with E-state index in [1.54, 1.807) is 6.20 Å². The van der Waals surface area contributed by atoms with Gasteiger partial charge in [-0.15, -0.1) is 0 Å². The Balaban J connectivity index is 1.44. The van der Waals surface area contributed by atoms with Crippen molar-refractivity contribution >= 4 is 16.8 Å². The van der Waals surface area contributed by atoms with Gasteiger partial charge in [0.25, 0.3) is 5.91 Å². The van der Waals surface area contributed by atoms with Crippen LogP contribution in [0.25, 0.3) is 16.6 Å². The first-order valence-corrected chi connectivity index (χ1v) is 9.02. The largest absolute Gasteiger partial charge is 0.378 e. The van der Waals surface area contributed by atoms with Gasteiger partial charge in [0.1, 0.15) is 0 Å². The van der Waals surface area contributed by atoms with Crippen LogP contribution in [0.4, 0.5) is 0 Å².